The zero-order valence-electron chi connectivity index (χ0n) is 12.6. The Hall–Kier alpha value is -2.17. The lowest BCUT2D eigenvalue weighted by atomic mass is 10.0. The van der Waals surface area contributed by atoms with Gasteiger partial charge in [-0.1, -0.05) is 26.0 Å². The van der Waals surface area contributed by atoms with Gasteiger partial charge in [-0.2, -0.15) is 5.11 Å². The van der Waals surface area contributed by atoms with Gasteiger partial charge in [0.05, 0.1) is 5.69 Å². The first-order valence-corrected chi connectivity index (χ1v) is 6.46. The van der Waals surface area contributed by atoms with Crippen LogP contribution in [0.1, 0.15) is 32.3 Å². The van der Waals surface area contributed by atoms with Crippen LogP contribution in [0.3, 0.4) is 0 Å². The number of rotatable bonds is 4. The van der Waals surface area contributed by atoms with E-state index in [1.54, 1.807) is 14.1 Å². The Morgan fingerprint density at radius 1 is 1.20 bits per heavy atom. The minimum Gasteiger partial charge on any atom is -0.510 e. The number of hydrogen-bond donors (Lipinski definition) is 1. The van der Waals surface area contributed by atoms with E-state index in [2.05, 4.69) is 24.1 Å². The predicted molar refractivity (Wildman–Crippen MR) is 79.1 cm³/mol. The molecule has 0 aromatic heterocycles. The Morgan fingerprint density at radius 2 is 1.75 bits per heavy atom. The quantitative estimate of drug-likeness (QED) is 0.516. The second kappa shape index (κ2) is 6.84. The highest BCUT2D eigenvalue weighted by atomic mass is 16.3. The second-order valence-corrected chi connectivity index (χ2v) is 5.08. The van der Waals surface area contributed by atoms with Crippen LogP contribution in [0.4, 0.5) is 5.69 Å². The van der Waals surface area contributed by atoms with E-state index in [9.17, 15) is 9.90 Å². The highest BCUT2D eigenvalue weighted by Gasteiger charge is 2.14. The molecule has 0 fully saturated rings. The van der Waals surface area contributed by atoms with Crippen LogP contribution in [-0.2, 0) is 4.79 Å². The average molecular weight is 275 g/mol. The van der Waals surface area contributed by atoms with Crippen LogP contribution in [0.2, 0.25) is 0 Å². The maximum Gasteiger partial charge on any atom is 0.277 e. The molecular weight excluding hydrogens is 254 g/mol. The number of amides is 1. The molecular formula is C15H21N3O2. The van der Waals surface area contributed by atoms with Crippen LogP contribution in [0.5, 0.6) is 0 Å². The third-order valence-electron chi connectivity index (χ3n) is 2.78. The van der Waals surface area contributed by atoms with Crippen LogP contribution in [0, 0.1) is 0 Å². The maximum absolute atomic E-state index is 11.8. The fraction of sp³-hybridized carbons (Fsp3) is 0.400. The first kappa shape index (κ1) is 15.9. The summed E-state index contributed by atoms with van der Waals surface area (Å²) in [6, 6.07) is 7.62. The summed E-state index contributed by atoms with van der Waals surface area (Å²) in [6.07, 6.45) is 0. The van der Waals surface area contributed by atoms with Gasteiger partial charge in [0.25, 0.3) is 5.91 Å². The van der Waals surface area contributed by atoms with E-state index in [0.29, 0.717) is 11.6 Å². The molecule has 1 N–H and O–H groups in total. The molecule has 0 spiro atoms. The van der Waals surface area contributed by atoms with Gasteiger partial charge in [-0.15, -0.1) is 5.11 Å². The van der Waals surface area contributed by atoms with E-state index in [1.165, 1.54) is 17.4 Å². The lowest BCUT2D eigenvalue weighted by Gasteiger charge is -2.10. The summed E-state index contributed by atoms with van der Waals surface area (Å²) in [5.74, 6) is -0.0785. The van der Waals surface area contributed by atoms with E-state index in [-0.39, 0.29) is 17.4 Å². The zero-order valence-corrected chi connectivity index (χ0v) is 12.6. The number of aliphatic hydroxyl groups is 1. The van der Waals surface area contributed by atoms with E-state index < -0.39 is 0 Å². The van der Waals surface area contributed by atoms with Gasteiger partial charge in [0.15, 0.2) is 5.70 Å². The van der Waals surface area contributed by atoms with Crippen molar-refractivity contribution in [2.24, 2.45) is 10.2 Å². The number of carbonyl (C=O) groups is 1. The minimum atomic E-state index is -0.382. The SMILES string of the molecule is C/C(O)=C(\N=Nc1ccc(C(C)C)cc1)C(=O)N(C)C. The molecule has 20 heavy (non-hydrogen) atoms. The van der Waals surface area contributed by atoms with Gasteiger partial charge in [-0.25, -0.2) is 0 Å². The van der Waals surface area contributed by atoms with E-state index >= 15 is 0 Å². The normalized spacial score (nSPS) is 12.7. The molecule has 0 aliphatic rings. The van der Waals surface area contributed by atoms with Gasteiger partial charge in [-0.3, -0.25) is 4.79 Å². The molecule has 0 atom stereocenters. The number of aliphatic hydroxyl groups excluding tert-OH is 1. The van der Waals surface area contributed by atoms with Crippen molar-refractivity contribution in [2.75, 3.05) is 14.1 Å². The number of carbonyl (C=O) groups excluding carboxylic acids is 1. The highest BCUT2D eigenvalue weighted by molar-refractivity contribution is 5.92. The van der Waals surface area contributed by atoms with Crippen molar-refractivity contribution in [2.45, 2.75) is 26.7 Å². The van der Waals surface area contributed by atoms with Gasteiger partial charge >= 0.3 is 0 Å². The summed E-state index contributed by atoms with van der Waals surface area (Å²) in [5.41, 5.74) is 1.80. The molecule has 0 heterocycles. The summed E-state index contributed by atoms with van der Waals surface area (Å²) in [5, 5.41) is 17.3. The molecule has 1 aromatic carbocycles. The third kappa shape index (κ3) is 4.19. The Morgan fingerprint density at radius 3 is 2.15 bits per heavy atom. The van der Waals surface area contributed by atoms with Crippen molar-refractivity contribution in [3.63, 3.8) is 0 Å². The fourth-order valence-corrected chi connectivity index (χ4v) is 1.52. The molecule has 5 nitrogen and oxygen atoms in total. The highest BCUT2D eigenvalue weighted by Crippen LogP contribution is 2.20. The summed E-state index contributed by atoms with van der Waals surface area (Å²) >= 11 is 0. The standard InChI is InChI=1S/C15H21N3O2/c1-10(2)12-6-8-13(9-7-12)16-17-14(11(3)19)15(20)18(4)5/h6-10,19H,1-5H3/b14-11+,17-16?. The van der Waals surface area contributed by atoms with Crippen LogP contribution < -0.4 is 0 Å². The van der Waals surface area contributed by atoms with Gasteiger partial charge in [0.1, 0.15) is 5.76 Å². The van der Waals surface area contributed by atoms with Gasteiger partial charge in [-0.05, 0) is 30.5 Å². The molecule has 0 aliphatic carbocycles. The second-order valence-electron chi connectivity index (χ2n) is 5.08. The minimum absolute atomic E-state index is 0.0528. The summed E-state index contributed by atoms with van der Waals surface area (Å²) < 4.78 is 0. The average Bonchev–Trinajstić information content (AvgIpc) is 2.38. The lowest BCUT2D eigenvalue weighted by molar-refractivity contribution is -0.125. The molecule has 1 amide bonds. The Kier molecular flexibility index (Phi) is 5.43. The monoisotopic (exact) mass is 275 g/mol. The Balaban J connectivity index is 2.95. The predicted octanol–water partition coefficient (Wildman–Crippen LogP) is 3.77. The molecule has 1 rings (SSSR count). The van der Waals surface area contributed by atoms with E-state index in [4.69, 9.17) is 0 Å². The largest absolute Gasteiger partial charge is 0.510 e. The molecule has 108 valence electrons. The third-order valence-corrected chi connectivity index (χ3v) is 2.78. The number of benzene rings is 1. The van der Waals surface area contributed by atoms with Crippen molar-refractivity contribution in [1.82, 2.24) is 4.90 Å². The van der Waals surface area contributed by atoms with Crippen LogP contribution in [-0.4, -0.2) is 30.0 Å². The van der Waals surface area contributed by atoms with Crippen molar-refractivity contribution in [3.8, 4) is 0 Å². The van der Waals surface area contributed by atoms with Crippen molar-refractivity contribution in [1.29, 1.82) is 0 Å². The first-order valence-electron chi connectivity index (χ1n) is 6.46. The number of azo groups is 1. The molecule has 0 bridgehead atoms. The van der Waals surface area contributed by atoms with Crippen molar-refractivity contribution in [3.05, 3.63) is 41.3 Å². The summed E-state index contributed by atoms with van der Waals surface area (Å²) in [6.45, 7) is 5.64. The van der Waals surface area contributed by atoms with Crippen LogP contribution in [0.25, 0.3) is 0 Å². The Labute approximate surface area is 119 Å². The van der Waals surface area contributed by atoms with Crippen LogP contribution in [0.15, 0.2) is 46.0 Å². The summed E-state index contributed by atoms with van der Waals surface area (Å²) in [7, 11) is 3.19. The number of nitrogens with zero attached hydrogens (tertiary/aromatic N) is 3. The number of allylic oxidation sites excluding steroid dienone is 1. The first-order chi connectivity index (χ1) is 9.32. The van der Waals surface area contributed by atoms with E-state index in [1.807, 2.05) is 24.3 Å². The maximum atomic E-state index is 11.8. The smallest absolute Gasteiger partial charge is 0.277 e. The van der Waals surface area contributed by atoms with Gasteiger partial charge in [0, 0.05) is 14.1 Å². The number of likely N-dealkylation sites (N-methyl/N-ethyl adjacent to an activating group) is 1. The number of hydrogen-bond acceptors (Lipinski definition) is 4. The zero-order chi connectivity index (χ0) is 15.3. The molecule has 0 aliphatic heterocycles. The van der Waals surface area contributed by atoms with Crippen molar-refractivity contribution < 1.29 is 9.90 Å². The molecule has 0 radical (unpaired) electrons. The van der Waals surface area contributed by atoms with Gasteiger partial charge < -0.3 is 10.0 Å². The molecule has 0 saturated heterocycles. The van der Waals surface area contributed by atoms with Gasteiger partial charge in [0.2, 0.25) is 0 Å². The molecule has 5 heteroatoms. The molecule has 0 saturated carbocycles. The van der Waals surface area contributed by atoms with Crippen molar-refractivity contribution >= 4 is 11.6 Å². The topological polar surface area (TPSA) is 65.3 Å². The van der Waals surface area contributed by atoms with E-state index in [0.717, 1.165) is 0 Å². The molecule has 1 aromatic rings. The lowest BCUT2D eigenvalue weighted by Crippen LogP contribution is -2.23. The summed E-state index contributed by atoms with van der Waals surface area (Å²) in [4.78, 5) is 13.1. The fourth-order valence-electron chi connectivity index (χ4n) is 1.52. The Bertz CT molecular complexity index is 525. The van der Waals surface area contributed by atoms with Crippen LogP contribution >= 0.6 is 0 Å². The molecule has 0 unspecified atom stereocenters.